The van der Waals surface area contributed by atoms with Gasteiger partial charge in [0.15, 0.2) is 5.82 Å². The van der Waals surface area contributed by atoms with Crippen LogP contribution in [0.2, 0.25) is 5.02 Å². The molecule has 0 fully saturated rings. The van der Waals surface area contributed by atoms with E-state index < -0.39 is 0 Å². The van der Waals surface area contributed by atoms with Crippen LogP contribution in [0, 0.1) is 0 Å². The molecule has 0 atom stereocenters. The van der Waals surface area contributed by atoms with Gasteiger partial charge in [-0.2, -0.15) is 5.53 Å². The first-order valence-corrected chi connectivity index (χ1v) is 6.93. The predicted octanol–water partition coefficient (Wildman–Crippen LogP) is 2.00. The number of hydrogen-bond donors (Lipinski definition) is 3. The van der Waals surface area contributed by atoms with Crippen molar-refractivity contribution < 1.29 is 5.53 Å². The normalized spacial score (nSPS) is 10.7. The van der Waals surface area contributed by atoms with Crippen LogP contribution in [-0.4, -0.2) is 9.97 Å². The van der Waals surface area contributed by atoms with Gasteiger partial charge in [0.25, 0.3) is 5.56 Å². The van der Waals surface area contributed by atoms with Gasteiger partial charge < -0.3 is 10.3 Å². The minimum absolute atomic E-state index is 0.0754. The number of nitrogens with one attached hydrogen (secondary N) is 2. The van der Waals surface area contributed by atoms with E-state index in [1.807, 2.05) is 32.0 Å². The van der Waals surface area contributed by atoms with Gasteiger partial charge in [-0.15, -0.1) is 0 Å². The molecule has 4 N–H and O–H groups in total. The molecule has 0 saturated heterocycles. The van der Waals surface area contributed by atoms with Crippen molar-refractivity contribution in [1.29, 1.82) is 0 Å². The van der Waals surface area contributed by atoms with Crippen LogP contribution in [-0.2, 0) is 6.54 Å². The van der Waals surface area contributed by atoms with Crippen molar-refractivity contribution in [3.05, 3.63) is 51.0 Å². The topological polar surface area (TPSA) is 95.7 Å². The number of H-pyrrole nitrogens is 1. The molecule has 0 aliphatic carbocycles. The number of rotatable bonds is 5. The van der Waals surface area contributed by atoms with Crippen molar-refractivity contribution in [2.24, 2.45) is 5.11 Å². The van der Waals surface area contributed by atoms with E-state index in [0.717, 1.165) is 5.56 Å². The van der Waals surface area contributed by atoms with Crippen LogP contribution in [0.3, 0.4) is 0 Å². The first kappa shape index (κ1) is 15.2. The molecule has 1 heterocycles. The van der Waals surface area contributed by atoms with E-state index in [4.69, 9.17) is 17.1 Å². The molecule has 21 heavy (non-hydrogen) atoms. The zero-order chi connectivity index (χ0) is 15.4. The van der Waals surface area contributed by atoms with Crippen LogP contribution in [0.4, 0.5) is 11.5 Å². The molecule has 7 heteroatoms. The molecule has 110 valence electrons. The van der Waals surface area contributed by atoms with Gasteiger partial charge in [-0.1, -0.05) is 43.6 Å². The van der Waals surface area contributed by atoms with E-state index in [9.17, 15) is 4.79 Å². The number of anilines is 1. The maximum Gasteiger partial charge on any atom is 0.285 e. The molecule has 6 nitrogen and oxygen atoms in total. The van der Waals surface area contributed by atoms with Crippen molar-refractivity contribution >= 4 is 23.1 Å². The van der Waals surface area contributed by atoms with E-state index in [1.165, 1.54) is 0 Å². The molecule has 2 aromatic rings. The maximum atomic E-state index is 11.9. The van der Waals surface area contributed by atoms with Crippen LogP contribution >= 0.6 is 11.6 Å². The summed E-state index contributed by atoms with van der Waals surface area (Å²) < 4.78 is 0. The maximum absolute atomic E-state index is 11.9. The summed E-state index contributed by atoms with van der Waals surface area (Å²) in [5.74, 6) is 1.02. The van der Waals surface area contributed by atoms with Crippen LogP contribution in [0.25, 0.3) is 0 Å². The monoisotopic (exact) mass is 306 g/mol. The lowest BCUT2D eigenvalue weighted by Gasteiger charge is -2.11. The van der Waals surface area contributed by atoms with Gasteiger partial charge in [-0.25, -0.2) is 4.98 Å². The Bertz CT molecular complexity index is 711. The van der Waals surface area contributed by atoms with Gasteiger partial charge in [0.1, 0.15) is 5.82 Å². The van der Waals surface area contributed by atoms with Crippen molar-refractivity contribution in [2.45, 2.75) is 26.3 Å². The zero-order valence-electron chi connectivity index (χ0n) is 11.9. The number of hydrogen-bond acceptors (Lipinski definition) is 4. The number of halogens is 1. The van der Waals surface area contributed by atoms with Crippen LogP contribution in [0.5, 0.6) is 0 Å². The summed E-state index contributed by atoms with van der Waals surface area (Å²) in [4.78, 5) is 19.0. The highest BCUT2D eigenvalue weighted by molar-refractivity contribution is 6.31. The fourth-order valence-electron chi connectivity index (χ4n) is 1.82. The SMILES string of the molecule is CC(C)c1nc(NCc2ccccc2Cl)c(N=[NH2+])c(=O)[nH]1. The average molecular weight is 307 g/mol. The number of aromatic nitrogens is 2. The lowest BCUT2D eigenvalue weighted by molar-refractivity contribution is -0.210. The third kappa shape index (κ3) is 3.46. The molecular formula is C14H17ClN5O+. The molecule has 0 spiro atoms. The second-order valence-corrected chi connectivity index (χ2v) is 5.28. The Balaban J connectivity index is 2.32. The van der Waals surface area contributed by atoms with Crippen molar-refractivity contribution in [2.75, 3.05) is 5.32 Å². The summed E-state index contributed by atoms with van der Waals surface area (Å²) in [7, 11) is 0. The van der Waals surface area contributed by atoms with E-state index in [0.29, 0.717) is 23.2 Å². The molecule has 0 bridgehead atoms. The summed E-state index contributed by atoms with van der Waals surface area (Å²) in [6.07, 6.45) is 0. The first-order valence-electron chi connectivity index (χ1n) is 6.55. The number of nitrogens with two attached hydrogens (primary N) is 1. The van der Waals surface area contributed by atoms with Gasteiger partial charge in [-0.05, 0) is 16.7 Å². The van der Waals surface area contributed by atoms with Gasteiger partial charge in [0.05, 0.1) is 0 Å². The van der Waals surface area contributed by atoms with Gasteiger partial charge in [0.2, 0.25) is 5.69 Å². The summed E-state index contributed by atoms with van der Waals surface area (Å²) in [5.41, 5.74) is 5.89. The van der Waals surface area contributed by atoms with Gasteiger partial charge in [0, 0.05) is 17.5 Å². The molecule has 2 rings (SSSR count). The molecule has 1 aromatic carbocycles. The Morgan fingerprint density at radius 1 is 1.43 bits per heavy atom. The largest absolute Gasteiger partial charge is 0.364 e. The highest BCUT2D eigenvalue weighted by atomic mass is 35.5. The smallest absolute Gasteiger partial charge is 0.285 e. The summed E-state index contributed by atoms with van der Waals surface area (Å²) in [6.45, 7) is 4.31. The quantitative estimate of drug-likeness (QED) is 0.737. The Hall–Kier alpha value is -2.21. The van der Waals surface area contributed by atoms with E-state index in [-0.39, 0.29) is 17.2 Å². The second kappa shape index (κ2) is 6.49. The molecule has 0 radical (unpaired) electrons. The molecule has 0 aliphatic rings. The Kier molecular flexibility index (Phi) is 4.70. The van der Waals surface area contributed by atoms with Crippen molar-refractivity contribution in [1.82, 2.24) is 9.97 Å². The second-order valence-electron chi connectivity index (χ2n) is 4.88. The zero-order valence-corrected chi connectivity index (χ0v) is 12.6. The molecule has 0 aliphatic heterocycles. The van der Waals surface area contributed by atoms with E-state index in [2.05, 4.69) is 20.4 Å². The number of aromatic amines is 1. The Labute approximate surface area is 127 Å². The minimum atomic E-state index is -0.363. The first-order chi connectivity index (χ1) is 10.0. The standard InChI is InChI=1S/C14H16ClN5O/c1-8(2)12-18-13(11(20-16)14(21)19-12)17-7-9-5-3-4-6-10(9)15/h3-6,8,16H,7H2,1-2H3,(H2,17,18,19,21)/p+1. The summed E-state index contributed by atoms with van der Waals surface area (Å²) in [6, 6.07) is 7.44. The highest BCUT2D eigenvalue weighted by Gasteiger charge is 2.14. The summed E-state index contributed by atoms with van der Waals surface area (Å²) in [5, 5.41) is 7.22. The third-order valence-electron chi connectivity index (χ3n) is 2.99. The third-order valence-corrected chi connectivity index (χ3v) is 3.36. The lowest BCUT2D eigenvalue weighted by Crippen LogP contribution is -2.26. The molecule has 0 amide bonds. The number of nitrogens with zero attached hydrogens (tertiary/aromatic N) is 2. The Morgan fingerprint density at radius 2 is 2.14 bits per heavy atom. The molecule has 0 saturated carbocycles. The van der Waals surface area contributed by atoms with Crippen molar-refractivity contribution in [3.8, 4) is 0 Å². The van der Waals surface area contributed by atoms with Gasteiger partial charge in [-0.3, -0.25) is 4.79 Å². The minimum Gasteiger partial charge on any atom is -0.364 e. The molecule has 0 unspecified atom stereocenters. The lowest BCUT2D eigenvalue weighted by atomic mass is 10.2. The summed E-state index contributed by atoms with van der Waals surface area (Å²) >= 11 is 6.10. The molecule has 1 aromatic heterocycles. The van der Waals surface area contributed by atoms with Gasteiger partial charge >= 0.3 is 0 Å². The predicted molar refractivity (Wildman–Crippen MR) is 81.7 cm³/mol. The van der Waals surface area contributed by atoms with Crippen LogP contribution in [0.1, 0.15) is 31.2 Å². The van der Waals surface area contributed by atoms with E-state index >= 15 is 0 Å². The molecular weight excluding hydrogens is 290 g/mol. The number of benzene rings is 1. The van der Waals surface area contributed by atoms with Crippen LogP contribution in [0.15, 0.2) is 34.2 Å². The Morgan fingerprint density at radius 3 is 2.76 bits per heavy atom. The average Bonchev–Trinajstić information content (AvgIpc) is 2.45. The van der Waals surface area contributed by atoms with E-state index in [1.54, 1.807) is 6.07 Å². The fraction of sp³-hybridized carbons (Fsp3) is 0.286. The van der Waals surface area contributed by atoms with Crippen LogP contribution < -0.4 is 16.4 Å². The van der Waals surface area contributed by atoms with Crippen molar-refractivity contribution in [3.63, 3.8) is 0 Å². The highest BCUT2D eigenvalue weighted by Crippen LogP contribution is 2.21. The fourth-order valence-corrected chi connectivity index (χ4v) is 2.02.